The van der Waals surface area contributed by atoms with Gasteiger partial charge in [-0.2, -0.15) is 0 Å². The first-order valence-electron chi connectivity index (χ1n) is 11.9. The lowest BCUT2D eigenvalue weighted by Crippen LogP contribution is -2.27. The molecule has 1 aliphatic rings. The second kappa shape index (κ2) is 11.2. The molecule has 0 saturated heterocycles. The standard InChI is InChI=1S/C28H23Br2N4O3PS2/c1-13-3-7-15(8-4-13)39(36)33-19-11-17(29)25(31)23-21(19)27(35)22-20(12-18(30)26(32)24(22)28(23)38)34-40(37)16-9-5-14(2)6-10-16/h3-12,33-34,38H,31-32H2,1-2H3. The topological polar surface area (TPSA) is 127 Å². The van der Waals surface area contributed by atoms with Gasteiger partial charge in [0.05, 0.1) is 43.7 Å². The summed E-state index contributed by atoms with van der Waals surface area (Å²) in [5, 5.41) is 0.468. The Labute approximate surface area is 255 Å². The van der Waals surface area contributed by atoms with Crippen LogP contribution in [0.25, 0.3) is 0 Å². The van der Waals surface area contributed by atoms with Gasteiger partial charge in [-0.25, -0.2) is 8.42 Å². The van der Waals surface area contributed by atoms with Crippen LogP contribution in [0.4, 0.5) is 22.7 Å². The van der Waals surface area contributed by atoms with Crippen molar-refractivity contribution in [2.75, 3.05) is 20.9 Å². The molecule has 0 heterocycles. The molecule has 12 heteroatoms. The van der Waals surface area contributed by atoms with Gasteiger partial charge in [0.2, 0.25) is 0 Å². The molecule has 5 rings (SSSR count). The Balaban J connectivity index is 1.65. The number of aryl methyl sites for hydroxylation is 2. The van der Waals surface area contributed by atoms with Crippen LogP contribution in [0.2, 0.25) is 0 Å². The Morgan fingerprint density at radius 3 is 1.38 bits per heavy atom. The molecule has 0 aliphatic heterocycles. The minimum absolute atomic E-state index is 0.213. The van der Waals surface area contributed by atoms with E-state index in [1.165, 1.54) is 0 Å². The third kappa shape index (κ3) is 5.17. The maximum Gasteiger partial charge on any atom is 0.198 e. The van der Waals surface area contributed by atoms with Crippen LogP contribution in [0.1, 0.15) is 38.2 Å². The highest BCUT2D eigenvalue weighted by atomic mass is 79.9. The fraction of sp³-hybridized carbons (Fsp3) is 0.0714. The first-order valence-corrected chi connectivity index (χ1v) is 16.2. The fourth-order valence-electron chi connectivity index (χ4n) is 4.37. The van der Waals surface area contributed by atoms with Crippen molar-refractivity contribution in [3.8, 4) is 0 Å². The van der Waals surface area contributed by atoms with Gasteiger partial charge in [0.1, 0.15) is 22.0 Å². The second-order valence-corrected chi connectivity index (χ2v) is 13.8. The minimum Gasteiger partial charge on any atom is -0.397 e. The average Bonchev–Trinajstić information content (AvgIpc) is 2.91. The van der Waals surface area contributed by atoms with Crippen molar-refractivity contribution < 1.29 is 13.2 Å². The van der Waals surface area contributed by atoms with Crippen molar-refractivity contribution in [1.29, 1.82) is 0 Å². The molecule has 7 nitrogen and oxygen atoms in total. The van der Waals surface area contributed by atoms with Crippen LogP contribution in [0.15, 0.2) is 79.4 Å². The van der Waals surface area contributed by atoms with E-state index >= 15 is 0 Å². The number of carbonyl (C=O) groups is 1. The van der Waals surface area contributed by atoms with Crippen LogP contribution >= 0.6 is 40.7 Å². The lowest BCUT2D eigenvalue weighted by atomic mass is 9.81. The van der Waals surface area contributed by atoms with E-state index in [9.17, 15) is 13.2 Å². The summed E-state index contributed by atoms with van der Waals surface area (Å²) >= 11 is 6.95. The Kier molecular flexibility index (Phi) is 8.05. The summed E-state index contributed by atoms with van der Waals surface area (Å²) in [6.45, 7) is 3.89. The van der Waals surface area contributed by atoms with Crippen LogP contribution in [0.5, 0.6) is 0 Å². The highest BCUT2D eigenvalue weighted by Crippen LogP contribution is 2.46. The van der Waals surface area contributed by atoms with Crippen molar-refractivity contribution in [3.05, 3.63) is 103 Å². The zero-order chi connectivity index (χ0) is 28.9. The summed E-state index contributed by atoms with van der Waals surface area (Å²) in [6.07, 6.45) is 0. The van der Waals surface area contributed by atoms with Gasteiger partial charge in [0.25, 0.3) is 0 Å². The number of carbonyl (C=O) groups excluding carboxylic acids is 1. The molecule has 0 amide bonds. The van der Waals surface area contributed by atoms with Crippen LogP contribution in [-0.2, 0) is 22.0 Å². The van der Waals surface area contributed by atoms with E-state index in [1.807, 2.05) is 38.1 Å². The van der Waals surface area contributed by atoms with E-state index in [2.05, 4.69) is 50.2 Å². The normalized spacial score (nSPS) is 13.8. The number of hydrogen-bond acceptors (Lipinski definition) is 5. The van der Waals surface area contributed by atoms with Crippen LogP contribution in [0, 0.1) is 13.8 Å². The number of halogens is 2. The van der Waals surface area contributed by atoms with E-state index in [0.717, 1.165) is 11.1 Å². The molecule has 4 aromatic carbocycles. The SMILES string of the molecule is Cc1ccc(S(=O)Nc2cc(Br)c(N)c3c2C(=O)c2c(NS(=O)c4ccc(C)cc4)cc(Br)c(N)c2C3=P)cc1. The van der Waals surface area contributed by atoms with E-state index in [-0.39, 0.29) is 11.1 Å². The molecule has 6 N–H and O–H groups in total. The van der Waals surface area contributed by atoms with Crippen molar-refractivity contribution in [1.82, 2.24) is 0 Å². The zero-order valence-electron chi connectivity index (χ0n) is 21.2. The number of hydrogen-bond donors (Lipinski definition) is 4. The number of anilines is 4. The molecule has 4 aromatic rings. The number of nitrogens with one attached hydrogen (secondary N) is 2. The Hall–Kier alpha value is -2.82. The zero-order valence-corrected chi connectivity index (χ0v) is 27.0. The monoisotopic (exact) mass is 716 g/mol. The summed E-state index contributed by atoms with van der Waals surface area (Å²) in [5.41, 5.74) is 17.5. The van der Waals surface area contributed by atoms with E-state index < -0.39 is 27.8 Å². The Morgan fingerprint density at radius 1 is 0.675 bits per heavy atom. The Bertz CT molecular complexity index is 1650. The summed E-state index contributed by atoms with van der Waals surface area (Å²) in [4.78, 5) is 15.4. The van der Waals surface area contributed by atoms with Gasteiger partial charge in [0.15, 0.2) is 5.78 Å². The second-order valence-electron chi connectivity index (χ2n) is 9.21. The highest BCUT2D eigenvalue weighted by Gasteiger charge is 2.36. The summed E-state index contributed by atoms with van der Waals surface area (Å²) < 4.78 is 33.5. The van der Waals surface area contributed by atoms with Gasteiger partial charge in [-0.05, 0) is 82.1 Å². The van der Waals surface area contributed by atoms with Crippen LogP contribution in [-0.4, -0.2) is 19.5 Å². The summed E-state index contributed by atoms with van der Waals surface area (Å²) in [7, 11) is 0.364. The third-order valence-corrected chi connectivity index (χ3v) is 10.5. The van der Waals surface area contributed by atoms with Crippen LogP contribution in [0.3, 0.4) is 0 Å². The number of ketones is 1. The maximum atomic E-state index is 14.3. The third-order valence-electron chi connectivity index (χ3n) is 6.46. The number of fused-ring (bicyclic) bond motifs is 2. The van der Waals surface area contributed by atoms with E-state index in [1.54, 1.807) is 36.4 Å². The lowest BCUT2D eigenvalue weighted by Gasteiger charge is -2.28. The first kappa shape index (κ1) is 28.7. The van der Waals surface area contributed by atoms with Crippen molar-refractivity contribution in [3.63, 3.8) is 0 Å². The number of benzene rings is 4. The molecule has 204 valence electrons. The smallest absolute Gasteiger partial charge is 0.198 e. The molecule has 2 unspecified atom stereocenters. The molecular formula is C28H23Br2N4O3PS2. The lowest BCUT2D eigenvalue weighted by molar-refractivity contribution is 0.103. The molecule has 1 aliphatic carbocycles. The molecule has 40 heavy (non-hydrogen) atoms. The van der Waals surface area contributed by atoms with Gasteiger partial charge < -0.3 is 20.9 Å². The fourth-order valence-corrected chi connectivity index (χ4v) is 7.47. The largest absolute Gasteiger partial charge is 0.397 e. The predicted octanol–water partition coefficient (Wildman–Crippen LogP) is 6.52. The van der Waals surface area contributed by atoms with Gasteiger partial charge in [0, 0.05) is 25.4 Å². The highest BCUT2D eigenvalue weighted by molar-refractivity contribution is 9.11. The van der Waals surface area contributed by atoms with Crippen LogP contribution < -0.4 is 20.9 Å². The minimum atomic E-state index is -1.67. The first-order chi connectivity index (χ1) is 19.0. The summed E-state index contributed by atoms with van der Waals surface area (Å²) in [5.74, 6) is -0.419. The van der Waals surface area contributed by atoms with Crippen molar-refractivity contribution in [2.24, 2.45) is 0 Å². The molecular weight excluding hydrogens is 695 g/mol. The molecule has 0 fully saturated rings. The van der Waals surface area contributed by atoms with Gasteiger partial charge >= 0.3 is 0 Å². The van der Waals surface area contributed by atoms with E-state index in [0.29, 0.717) is 57.9 Å². The predicted molar refractivity (Wildman–Crippen MR) is 174 cm³/mol. The Morgan fingerprint density at radius 2 is 1.02 bits per heavy atom. The van der Waals surface area contributed by atoms with E-state index in [4.69, 9.17) is 11.5 Å². The van der Waals surface area contributed by atoms with Gasteiger partial charge in [-0.1, -0.05) is 35.4 Å². The molecule has 2 atom stereocenters. The number of rotatable bonds is 6. The van der Waals surface area contributed by atoms with Crippen molar-refractivity contribution >= 4 is 96.5 Å². The molecule has 0 spiro atoms. The van der Waals surface area contributed by atoms with Gasteiger partial charge in [-0.3, -0.25) is 4.79 Å². The quantitative estimate of drug-likeness (QED) is 0.118. The molecule has 0 aromatic heterocycles. The molecule has 0 bridgehead atoms. The summed E-state index contributed by atoms with van der Waals surface area (Å²) in [6, 6.07) is 17.7. The van der Waals surface area contributed by atoms with Gasteiger partial charge in [-0.15, -0.1) is 8.86 Å². The number of nitrogen functional groups attached to an aromatic ring is 2. The number of nitrogens with two attached hydrogens (primary N) is 2. The maximum absolute atomic E-state index is 14.3. The molecule has 0 saturated carbocycles. The van der Waals surface area contributed by atoms with Crippen molar-refractivity contribution in [2.45, 2.75) is 23.6 Å². The molecule has 0 radical (unpaired) electrons. The average molecular weight is 718 g/mol.